The molecular weight excluding hydrogens is 372 g/mol. The minimum Gasteiger partial charge on any atom is -0.358 e. The molecule has 1 aromatic heterocycles. The fraction of sp³-hybridized carbons (Fsp3) is 0.409. The smallest absolute Gasteiger partial charge is 0.230 e. The Morgan fingerprint density at radius 2 is 1.89 bits per heavy atom. The van der Waals surface area contributed by atoms with E-state index in [0.29, 0.717) is 16.6 Å². The summed E-state index contributed by atoms with van der Waals surface area (Å²) in [5, 5.41) is 0.685. The molecular formula is C22H23ClN4O. The molecule has 1 aromatic carbocycles. The topological polar surface area (TPSA) is 40.8 Å². The monoisotopic (exact) mass is 394 g/mol. The molecule has 0 radical (unpaired) electrons. The van der Waals surface area contributed by atoms with Crippen molar-refractivity contribution in [1.82, 2.24) is 4.98 Å². The van der Waals surface area contributed by atoms with Crippen molar-refractivity contribution in [2.45, 2.75) is 25.7 Å². The molecule has 2 aliphatic rings. The van der Waals surface area contributed by atoms with Crippen LogP contribution in [0, 0.1) is 18.4 Å². The van der Waals surface area contributed by atoms with Crippen LogP contribution < -0.4 is 9.80 Å². The number of carbonyl (C=O) groups excluding carboxylic acids is 1. The normalized spacial score (nSPS) is 17.2. The van der Waals surface area contributed by atoms with Gasteiger partial charge in [0.25, 0.3) is 0 Å². The molecule has 1 aliphatic carbocycles. The summed E-state index contributed by atoms with van der Waals surface area (Å²) in [4.78, 5) is 25.3. The Bertz CT molecular complexity index is 880. The summed E-state index contributed by atoms with van der Waals surface area (Å²) in [6.45, 7) is 9.53. The fourth-order valence-corrected chi connectivity index (χ4v) is 3.85. The third kappa shape index (κ3) is 4.28. The first-order valence-corrected chi connectivity index (χ1v) is 10.2. The van der Waals surface area contributed by atoms with Gasteiger partial charge in [-0.15, -0.1) is 0 Å². The molecule has 0 unspecified atom stereocenters. The van der Waals surface area contributed by atoms with Gasteiger partial charge in [0.1, 0.15) is 5.82 Å². The first-order chi connectivity index (χ1) is 13.6. The van der Waals surface area contributed by atoms with Crippen LogP contribution in [0.15, 0.2) is 42.6 Å². The number of amides is 1. The highest BCUT2D eigenvalue weighted by Crippen LogP contribution is 2.34. The van der Waals surface area contributed by atoms with Crippen molar-refractivity contribution < 1.29 is 4.79 Å². The predicted molar refractivity (Wildman–Crippen MR) is 112 cm³/mol. The van der Waals surface area contributed by atoms with Crippen molar-refractivity contribution in [2.75, 3.05) is 29.4 Å². The highest BCUT2D eigenvalue weighted by Gasteiger charge is 2.33. The standard InChI is InChI=1S/C22H23ClN4O/c1-24-19-8-11-25-21(14-19)26-12-9-17(10-13-26)22(28)27(15-16-2-3-16)20-6-4-18(23)5-7-20/h4-8,11,14,16-17H,2-3,9-10,12-13,15H2. The number of carbonyl (C=O) groups is 1. The molecule has 0 N–H and O–H groups in total. The second kappa shape index (κ2) is 8.20. The molecule has 0 spiro atoms. The van der Waals surface area contributed by atoms with Gasteiger partial charge in [0.2, 0.25) is 5.91 Å². The summed E-state index contributed by atoms with van der Waals surface area (Å²) < 4.78 is 0. The van der Waals surface area contributed by atoms with Crippen LogP contribution in [-0.2, 0) is 4.79 Å². The Morgan fingerprint density at radius 1 is 1.18 bits per heavy atom. The summed E-state index contributed by atoms with van der Waals surface area (Å²) in [6.07, 6.45) is 5.70. The van der Waals surface area contributed by atoms with Crippen LogP contribution in [0.5, 0.6) is 0 Å². The lowest BCUT2D eigenvalue weighted by Crippen LogP contribution is -2.43. The molecule has 4 rings (SSSR count). The lowest BCUT2D eigenvalue weighted by Gasteiger charge is -2.35. The number of rotatable bonds is 5. The van der Waals surface area contributed by atoms with Gasteiger partial charge >= 0.3 is 0 Å². The highest BCUT2D eigenvalue weighted by molar-refractivity contribution is 6.30. The van der Waals surface area contributed by atoms with Gasteiger partial charge in [-0.05, 0) is 68.0 Å². The van der Waals surface area contributed by atoms with Gasteiger partial charge < -0.3 is 9.80 Å². The maximum atomic E-state index is 13.3. The van der Waals surface area contributed by atoms with Gasteiger partial charge in [-0.3, -0.25) is 4.79 Å². The molecule has 1 aliphatic heterocycles. The van der Waals surface area contributed by atoms with Gasteiger partial charge in [-0.2, -0.15) is 0 Å². The minimum atomic E-state index is 0.0229. The molecule has 2 aromatic rings. The van der Waals surface area contributed by atoms with Gasteiger partial charge in [0, 0.05) is 42.5 Å². The minimum absolute atomic E-state index is 0.0229. The Labute approximate surface area is 170 Å². The summed E-state index contributed by atoms with van der Waals surface area (Å²) in [6, 6.07) is 11.1. The SMILES string of the molecule is [C-]#[N+]c1ccnc(N2CCC(C(=O)N(CC3CC3)c3ccc(Cl)cc3)CC2)c1. The van der Waals surface area contributed by atoms with Crippen LogP contribution >= 0.6 is 11.6 Å². The molecule has 1 amide bonds. The molecule has 5 nitrogen and oxygen atoms in total. The largest absolute Gasteiger partial charge is 0.358 e. The second-order valence-corrected chi connectivity index (χ2v) is 8.05. The maximum absolute atomic E-state index is 13.3. The van der Waals surface area contributed by atoms with E-state index in [4.69, 9.17) is 18.2 Å². The van der Waals surface area contributed by atoms with Crippen molar-refractivity contribution in [3.63, 3.8) is 0 Å². The van der Waals surface area contributed by atoms with E-state index in [2.05, 4.69) is 14.7 Å². The lowest BCUT2D eigenvalue weighted by atomic mass is 9.94. The Balaban J connectivity index is 1.43. The number of benzene rings is 1. The van der Waals surface area contributed by atoms with Gasteiger partial charge in [0.15, 0.2) is 5.69 Å². The highest BCUT2D eigenvalue weighted by atomic mass is 35.5. The van der Waals surface area contributed by atoms with E-state index in [1.165, 1.54) is 12.8 Å². The number of anilines is 2. The molecule has 6 heteroatoms. The zero-order chi connectivity index (χ0) is 19.5. The molecule has 0 atom stereocenters. The number of halogens is 1. The van der Waals surface area contributed by atoms with Crippen molar-refractivity contribution in [1.29, 1.82) is 0 Å². The van der Waals surface area contributed by atoms with E-state index in [1.807, 2.05) is 35.2 Å². The second-order valence-electron chi connectivity index (χ2n) is 7.61. The number of piperidine rings is 1. The van der Waals surface area contributed by atoms with E-state index in [1.54, 1.807) is 12.3 Å². The Hall–Kier alpha value is -2.58. The summed E-state index contributed by atoms with van der Waals surface area (Å²) in [5.74, 6) is 1.69. The molecule has 1 saturated heterocycles. The average Bonchev–Trinajstić information content (AvgIpc) is 3.57. The maximum Gasteiger partial charge on any atom is 0.230 e. The molecule has 1 saturated carbocycles. The number of aromatic nitrogens is 1. The van der Waals surface area contributed by atoms with Gasteiger partial charge in [0.05, 0.1) is 6.57 Å². The van der Waals surface area contributed by atoms with Crippen LogP contribution in [0.25, 0.3) is 4.85 Å². The van der Waals surface area contributed by atoms with Crippen LogP contribution in [0.2, 0.25) is 5.02 Å². The first kappa shape index (κ1) is 18.8. The summed E-state index contributed by atoms with van der Waals surface area (Å²) in [7, 11) is 0. The average molecular weight is 395 g/mol. The van der Waals surface area contributed by atoms with Crippen LogP contribution in [-0.4, -0.2) is 30.5 Å². The van der Waals surface area contributed by atoms with E-state index in [0.717, 1.165) is 44.0 Å². The van der Waals surface area contributed by atoms with Crippen LogP contribution in [0.1, 0.15) is 25.7 Å². The zero-order valence-corrected chi connectivity index (χ0v) is 16.5. The quantitative estimate of drug-likeness (QED) is 0.674. The number of hydrogen-bond acceptors (Lipinski definition) is 3. The molecule has 0 bridgehead atoms. The summed E-state index contributed by atoms with van der Waals surface area (Å²) in [5.41, 5.74) is 1.54. The third-order valence-corrected chi connectivity index (χ3v) is 5.82. The number of hydrogen-bond donors (Lipinski definition) is 0. The van der Waals surface area contributed by atoms with Crippen molar-refractivity contribution in [3.8, 4) is 0 Å². The Morgan fingerprint density at radius 3 is 2.54 bits per heavy atom. The van der Waals surface area contributed by atoms with Gasteiger partial charge in [-0.25, -0.2) is 9.83 Å². The fourth-order valence-electron chi connectivity index (χ4n) is 3.73. The predicted octanol–water partition coefficient (Wildman–Crippen LogP) is 4.95. The van der Waals surface area contributed by atoms with Crippen molar-refractivity contribution in [3.05, 3.63) is 59.0 Å². The third-order valence-electron chi connectivity index (χ3n) is 5.57. The summed E-state index contributed by atoms with van der Waals surface area (Å²) >= 11 is 6.03. The van der Waals surface area contributed by atoms with E-state index < -0.39 is 0 Å². The van der Waals surface area contributed by atoms with Crippen molar-refractivity contribution >= 4 is 34.7 Å². The van der Waals surface area contributed by atoms with E-state index >= 15 is 0 Å². The van der Waals surface area contributed by atoms with Crippen molar-refractivity contribution in [2.24, 2.45) is 11.8 Å². The number of nitrogens with zero attached hydrogens (tertiary/aromatic N) is 4. The van der Waals surface area contributed by atoms with E-state index in [9.17, 15) is 4.79 Å². The van der Waals surface area contributed by atoms with Crippen LogP contribution in [0.4, 0.5) is 17.2 Å². The van der Waals surface area contributed by atoms with E-state index in [-0.39, 0.29) is 11.8 Å². The molecule has 2 fully saturated rings. The first-order valence-electron chi connectivity index (χ1n) is 9.79. The Kier molecular flexibility index (Phi) is 5.50. The zero-order valence-electron chi connectivity index (χ0n) is 15.7. The van der Waals surface area contributed by atoms with Crippen LogP contribution in [0.3, 0.4) is 0 Å². The molecule has 28 heavy (non-hydrogen) atoms. The molecule has 144 valence electrons. The van der Waals surface area contributed by atoms with Gasteiger partial charge in [-0.1, -0.05) is 11.6 Å². The number of pyridine rings is 1. The lowest BCUT2D eigenvalue weighted by molar-refractivity contribution is -0.123. The molecule has 2 heterocycles.